The van der Waals surface area contributed by atoms with Gasteiger partial charge in [0.1, 0.15) is 6.61 Å². The second-order valence-corrected chi connectivity index (χ2v) is 8.62. The molecule has 0 radical (unpaired) electrons. The Bertz CT molecular complexity index is 619. The van der Waals surface area contributed by atoms with Crippen molar-refractivity contribution in [3.63, 3.8) is 0 Å². The van der Waals surface area contributed by atoms with Crippen molar-refractivity contribution in [3.05, 3.63) is 35.9 Å². The molecule has 0 aromatic heterocycles. The molecule has 0 unspecified atom stereocenters. The van der Waals surface area contributed by atoms with Gasteiger partial charge in [-0.3, -0.25) is 9.69 Å². The molecule has 1 saturated heterocycles. The summed E-state index contributed by atoms with van der Waals surface area (Å²) in [6, 6.07) is 10.9. The van der Waals surface area contributed by atoms with E-state index in [2.05, 4.69) is 32.6 Å². The van der Waals surface area contributed by atoms with Gasteiger partial charge >= 0.3 is 5.97 Å². The summed E-state index contributed by atoms with van der Waals surface area (Å²) >= 11 is 0. The summed E-state index contributed by atoms with van der Waals surface area (Å²) in [6.07, 6.45) is 2.82. The van der Waals surface area contributed by atoms with E-state index in [1.54, 1.807) is 0 Å². The highest BCUT2D eigenvalue weighted by Gasteiger charge is 2.51. The molecule has 1 aromatic carbocycles. The molecule has 0 N–H and O–H groups in total. The number of carbonyl (C=O) groups excluding carboxylic acids is 1. The van der Waals surface area contributed by atoms with Gasteiger partial charge in [-0.1, -0.05) is 30.3 Å². The van der Waals surface area contributed by atoms with Gasteiger partial charge < -0.3 is 14.2 Å². The minimum absolute atomic E-state index is 0.112. The van der Waals surface area contributed by atoms with Crippen LogP contribution in [0.15, 0.2) is 30.3 Å². The molecule has 1 aliphatic carbocycles. The van der Waals surface area contributed by atoms with Crippen LogP contribution in [0.1, 0.15) is 58.9 Å². The highest BCUT2D eigenvalue weighted by Crippen LogP contribution is 2.47. The smallest absolute Gasteiger partial charge is 0.316 e. The van der Waals surface area contributed by atoms with Crippen LogP contribution in [0.4, 0.5) is 0 Å². The molecule has 2 aliphatic rings. The molecule has 3 rings (SSSR count). The Hall–Kier alpha value is -1.43. The van der Waals surface area contributed by atoms with Crippen LogP contribution in [0.5, 0.6) is 0 Å². The molecular weight excluding hydrogens is 354 g/mol. The maximum atomic E-state index is 13.3. The highest BCUT2D eigenvalue weighted by molar-refractivity contribution is 5.83. The Morgan fingerprint density at radius 1 is 1.00 bits per heavy atom. The Balaban J connectivity index is 1.70. The van der Waals surface area contributed by atoms with Crippen LogP contribution in [0.3, 0.4) is 0 Å². The molecule has 2 fully saturated rings. The summed E-state index contributed by atoms with van der Waals surface area (Å²) in [4.78, 5) is 15.7. The Labute approximate surface area is 169 Å². The van der Waals surface area contributed by atoms with Gasteiger partial charge in [-0.25, -0.2) is 0 Å². The molecule has 28 heavy (non-hydrogen) atoms. The molecule has 1 heterocycles. The molecule has 156 valence electrons. The van der Waals surface area contributed by atoms with Gasteiger partial charge in [-0.05, 0) is 46.1 Å². The third kappa shape index (κ3) is 4.42. The molecule has 0 bridgehead atoms. The second-order valence-electron chi connectivity index (χ2n) is 8.62. The van der Waals surface area contributed by atoms with Gasteiger partial charge in [0.05, 0.1) is 18.6 Å². The van der Waals surface area contributed by atoms with Gasteiger partial charge in [0, 0.05) is 31.5 Å². The molecule has 5 nitrogen and oxygen atoms in total. The van der Waals surface area contributed by atoms with Crippen molar-refractivity contribution in [2.24, 2.45) is 0 Å². The molecule has 0 amide bonds. The van der Waals surface area contributed by atoms with Gasteiger partial charge in [-0.15, -0.1) is 0 Å². The topological polar surface area (TPSA) is 48.0 Å². The predicted octanol–water partition coefficient (Wildman–Crippen LogP) is 3.90. The van der Waals surface area contributed by atoms with Gasteiger partial charge in [0.2, 0.25) is 0 Å². The molecule has 1 aliphatic heterocycles. The van der Waals surface area contributed by atoms with Crippen molar-refractivity contribution >= 4 is 5.97 Å². The number of carbonyl (C=O) groups is 1. The lowest BCUT2D eigenvalue weighted by Gasteiger charge is -2.42. The minimum Gasteiger partial charge on any atom is -0.464 e. The van der Waals surface area contributed by atoms with Crippen molar-refractivity contribution in [2.75, 3.05) is 26.4 Å². The average molecular weight is 390 g/mol. The van der Waals surface area contributed by atoms with Crippen LogP contribution in [-0.4, -0.2) is 55.1 Å². The van der Waals surface area contributed by atoms with E-state index in [9.17, 15) is 4.79 Å². The quantitative estimate of drug-likeness (QED) is 0.662. The maximum Gasteiger partial charge on any atom is 0.316 e. The Morgan fingerprint density at radius 2 is 1.57 bits per heavy atom. The Kier molecular flexibility index (Phi) is 6.79. The lowest BCUT2D eigenvalue weighted by atomic mass is 9.67. The molecule has 1 saturated carbocycles. The number of ether oxygens (including phenoxy) is 3. The van der Waals surface area contributed by atoms with Crippen LogP contribution in [0, 0.1) is 0 Å². The number of esters is 1. The number of hydrogen-bond acceptors (Lipinski definition) is 5. The van der Waals surface area contributed by atoms with Gasteiger partial charge in [0.15, 0.2) is 5.79 Å². The fourth-order valence-electron chi connectivity index (χ4n) is 4.71. The summed E-state index contributed by atoms with van der Waals surface area (Å²) in [6.45, 7) is 11.2. The van der Waals surface area contributed by atoms with E-state index in [4.69, 9.17) is 14.2 Å². The largest absolute Gasteiger partial charge is 0.464 e. The zero-order valence-corrected chi connectivity index (χ0v) is 17.8. The zero-order valence-electron chi connectivity index (χ0n) is 17.8. The summed E-state index contributed by atoms with van der Waals surface area (Å²) in [5.74, 6) is -0.607. The van der Waals surface area contributed by atoms with Gasteiger partial charge in [-0.2, -0.15) is 0 Å². The van der Waals surface area contributed by atoms with Crippen LogP contribution in [0.25, 0.3) is 0 Å². The number of hydrogen-bond donors (Lipinski definition) is 0. The third-order valence-corrected chi connectivity index (χ3v) is 6.31. The summed E-state index contributed by atoms with van der Waals surface area (Å²) in [7, 11) is 0. The minimum atomic E-state index is -0.609. The fraction of sp³-hybridized carbons (Fsp3) is 0.696. The summed E-state index contributed by atoms with van der Waals surface area (Å²) < 4.78 is 17.6. The molecule has 0 atom stereocenters. The van der Waals surface area contributed by atoms with Crippen LogP contribution < -0.4 is 0 Å². The van der Waals surface area contributed by atoms with E-state index in [1.807, 2.05) is 30.3 Å². The van der Waals surface area contributed by atoms with E-state index >= 15 is 0 Å². The first kappa shape index (κ1) is 21.3. The van der Waals surface area contributed by atoms with E-state index in [1.165, 1.54) is 0 Å². The normalized spacial score (nSPS) is 21.0. The van der Waals surface area contributed by atoms with E-state index in [-0.39, 0.29) is 5.97 Å². The second kappa shape index (κ2) is 8.93. The monoisotopic (exact) mass is 389 g/mol. The average Bonchev–Trinajstić information content (AvgIpc) is 3.14. The zero-order chi connectivity index (χ0) is 20.2. The summed E-state index contributed by atoms with van der Waals surface area (Å²) in [5.41, 5.74) is 0.430. The first-order chi connectivity index (χ1) is 13.4. The van der Waals surface area contributed by atoms with Crippen molar-refractivity contribution in [1.29, 1.82) is 0 Å². The number of benzene rings is 1. The third-order valence-electron chi connectivity index (χ3n) is 6.31. The van der Waals surface area contributed by atoms with Crippen molar-refractivity contribution in [2.45, 2.75) is 76.7 Å². The lowest BCUT2D eigenvalue weighted by Crippen LogP contribution is -2.48. The first-order valence-corrected chi connectivity index (χ1v) is 10.6. The van der Waals surface area contributed by atoms with Crippen molar-refractivity contribution in [1.82, 2.24) is 4.90 Å². The lowest BCUT2D eigenvalue weighted by molar-refractivity contribution is -0.191. The molecule has 1 aromatic rings. The number of nitrogens with zero attached hydrogens (tertiary/aromatic N) is 1. The predicted molar refractivity (Wildman–Crippen MR) is 109 cm³/mol. The van der Waals surface area contributed by atoms with E-state index in [0.717, 1.165) is 24.9 Å². The maximum absolute atomic E-state index is 13.3. The molecule has 5 heteroatoms. The van der Waals surface area contributed by atoms with Crippen molar-refractivity contribution < 1.29 is 19.0 Å². The summed E-state index contributed by atoms with van der Waals surface area (Å²) in [5, 5.41) is 0. The van der Waals surface area contributed by atoms with E-state index in [0.29, 0.717) is 44.7 Å². The molecular formula is C23H35NO4. The standard InChI is InChI=1S/C23H35NO4/c1-18(2)24(19(3)4)14-15-26-21(25)22(20-8-6-5-7-9-20)10-12-23(13-11-22)27-16-17-28-23/h5-9,18-19H,10-17H2,1-4H3. The van der Waals surface area contributed by atoms with Crippen LogP contribution in [-0.2, 0) is 24.4 Å². The molecule has 1 spiro atoms. The van der Waals surface area contributed by atoms with Crippen molar-refractivity contribution in [3.8, 4) is 0 Å². The number of rotatable bonds is 7. The fourth-order valence-corrected chi connectivity index (χ4v) is 4.71. The first-order valence-electron chi connectivity index (χ1n) is 10.6. The van der Waals surface area contributed by atoms with Gasteiger partial charge in [0.25, 0.3) is 0 Å². The van der Waals surface area contributed by atoms with E-state index < -0.39 is 11.2 Å². The SMILES string of the molecule is CC(C)N(CCOC(=O)C1(c2ccccc2)CCC2(CC1)OCCO2)C(C)C. The van der Waals surface area contributed by atoms with Crippen LogP contribution in [0.2, 0.25) is 0 Å². The van der Waals surface area contributed by atoms with Crippen LogP contribution >= 0.6 is 0 Å². The Morgan fingerprint density at radius 3 is 2.11 bits per heavy atom. The highest BCUT2D eigenvalue weighted by atomic mass is 16.7.